The lowest BCUT2D eigenvalue weighted by molar-refractivity contribution is -0.171. The molecule has 0 bridgehead atoms. The van der Waals surface area contributed by atoms with Gasteiger partial charge in [0, 0.05) is 5.54 Å². The van der Waals surface area contributed by atoms with Gasteiger partial charge in [0.05, 0.1) is 0 Å². The molecule has 5 nitrogen and oxygen atoms in total. The van der Waals surface area contributed by atoms with E-state index in [1.807, 2.05) is 20.8 Å². The maximum atomic E-state index is 11.4. The molecular weight excluding hydrogens is 330 g/mol. The first-order valence-corrected chi connectivity index (χ1v) is 6.45. The van der Waals surface area contributed by atoms with E-state index in [2.05, 4.69) is 6.58 Å². The van der Waals surface area contributed by atoms with E-state index < -0.39 is 27.6 Å². The van der Waals surface area contributed by atoms with Crippen molar-refractivity contribution in [3.63, 3.8) is 0 Å². The predicted octanol–water partition coefficient (Wildman–Crippen LogP) is 1.81. The van der Waals surface area contributed by atoms with Crippen LogP contribution in [0.1, 0.15) is 20.8 Å². The Hall–Kier alpha value is -1.30. The van der Waals surface area contributed by atoms with Gasteiger partial charge in [-0.05, 0) is 20.8 Å². The standard InChI is InChI=1S/C6H13N.C3HF6NO3S/c1-5(2)6(3,4)7;4-2(5,6)1(11)10-14(12,13)3(7,8)9/h1,7H2,2-4H3;(H,10,11). The van der Waals surface area contributed by atoms with Crippen molar-refractivity contribution >= 4 is 15.9 Å². The second-order valence-electron chi connectivity index (χ2n) is 4.38. The molecule has 0 saturated carbocycles. The predicted molar refractivity (Wildman–Crippen MR) is 62.3 cm³/mol. The van der Waals surface area contributed by atoms with Crippen LogP contribution in [0.15, 0.2) is 12.2 Å². The number of halogens is 6. The van der Waals surface area contributed by atoms with Gasteiger partial charge in [0.1, 0.15) is 0 Å². The average Bonchev–Trinajstić information content (AvgIpc) is 2.12. The van der Waals surface area contributed by atoms with Crippen molar-refractivity contribution in [2.24, 2.45) is 5.73 Å². The summed E-state index contributed by atoms with van der Waals surface area (Å²) in [4.78, 5) is 9.81. The molecule has 0 aromatic carbocycles. The average molecular weight is 344 g/mol. The van der Waals surface area contributed by atoms with Gasteiger partial charge >= 0.3 is 27.6 Å². The first-order chi connectivity index (χ1) is 8.82. The third kappa shape index (κ3) is 8.55. The van der Waals surface area contributed by atoms with Crippen LogP contribution >= 0.6 is 0 Å². The molecule has 0 spiro atoms. The molecule has 0 fully saturated rings. The molecule has 0 rings (SSSR count). The Morgan fingerprint density at radius 1 is 1.10 bits per heavy atom. The fourth-order valence-electron chi connectivity index (χ4n) is 0.238. The second kappa shape index (κ2) is 6.64. The molecule has 0 saturated heterocycles. The molecule has 0 atom stereocenters. The van der Waals surface area contributed by atoms with Gasteiger partial charge in [-0.15, -0.1) is 0 Å². The molecule has 12 heteroatoms. The lowest BCUT2D eigenvalue weighted by Gasteiger charge is -2.17. The molecular formula is C9H14F6N2O3S. The number of alkyl halides is 6. The van der Waals surface area contributed by atoms with Crippen LogP contribution < -0.4 is 10.5 Å². The maximum absolute atomic E-state index is 11.4. The smallest absolute Gasteiger partial charge is 0.322 e. The normalized spacial score (nSPS) is 13.0. The van der Waals surface area contributed by atoms with Crippen LogP contribution in [0.3, 0.4) is 0 Å². The van der Waals surface area contributed by atoms with Gasteiger partial charge in [0.15, 0.2) is 0 Å². The molecule has 1 amide bonds. The lowest BCUT2D eigenvalue weighted by Crippen LogP contribution is -2.46. The van der Waals surface area contributed by atoms with Crippen LogP contribution in [0.5, 0.6) is 0 Å². The summed E-state index contributed by atoms with van der Waals surface area (Å²) in [5.74, 6) is -3.20. The zero-order valence-corrected chi connectivity index (χ0v) is 12.0. The maximum Gasteiger partial charge on any atom is 0.516 e. The van der Waals surface area contributed by atoms with Crippen molar-refractivity contribution in [1.82, 2.24) is 4.72 Å². The molecule has 21 heavy (non-hydrogen) atoms. The molecule has 0 radical (unpaired) electrons. The van der Waals surface area contributed by atoms with Crippen LogP contribution in [0.4, 0.5) is 26.3 Å². The van der Waals surface area contributed by atoms with Crippen LogP contribution in [-0.4, -0.2) is 31.5 Å². The van der Waals surface area contributed by atoms with Gasteiger partial charge in [0.25, 0.3) is 0 Å². The molecule has 3 N–H and O–H groups in total. The number of sulfonamides is 1. The number of carbonyl (C=O) groups excluding carboxylic acids is 1. The van der Waals surface area contributed by atoms with Gasteiger partial charge < -0.3 is 5.73 Å². The Labute approximate surface area is 117 Å². The third-order valence-corrected chi connectivity index (χ3v) is 2.95. The summed E-state index contributed by atoms with van der Waals surface area (Å²) in [5, 5.41) is 0. The zero-order valence-electron chi connectivity index (χ0n) is 11.2. The second-order valence-corrected chi connectivity index (χ2v) is 6.05. The van der Waals surface area contributed by atoms with Crippen LogP contribution in [0, 0.1) is 0 Å². The Balaban J connectivity index is 0. The summed E-state index contributed by atoms with van der Waals surface area (Å²) in [6.45, 7) is 9.51. The topological polar surface area (TPSA) is 89.3 Å². The van der Waals surface area contributed by atoms with Gasteiger partial charge in [-0.3, -0.25) is 4.79 Å². The zero-order chi connectivity index (χ0) is 17.9. The highest BCUT2D eigenvalue weighted by Gasteiger charge is 2.51. The number of hydrogen-bond acceptors (Lipinski definition) is 4. The van der Waals surface area contributed by atoms with Crippen molar-refractivity contribution < 1.29 is 39.6 Å². The number of rotatable bonds is 2. The van der Waals surface area contributed by atoms with Crippen LogP contribution in [0.25, 0.3) is 0 Å². The SMILES string of the molecule is C=C(C)C(C)(C)N.O=C(NS(=O)(=O)C(F)(F)F)C(F)(F)F. The van der Waals surface area contributed by atoms with E-state index in [0.717, 1.165) is 5.57 Å². The van der Waals surface area contributed by atoms with Gasteiger partial charge in [-0.2, -0.15) is 34.8 Å². The van der Waals surface area contributed by atoms with Crippen molar-refractivity contribution in [1.29, 1.82) is 0 Å². The first kappa shape index (κ1) is 22.0. The minimum Gasteiger partial charge on any atom is -0.322 e. The number of nitrogens with one attached hydrogen (secondary N) is 1. The number of amides is 1. The Kier molecular flexibility index (Phi) is 6.95. The number of hydrogen-bond donors (Lipinski definition) is 2. The van der Waals surface area contributed by atoms with Gasteiger partial charge in [-0.1, -0.05) is 12.2 Å². The van der Waals surface area contributed by atoms with E-state index >= 15 is 0 Å². The molecule has 0 aliphatic heterocycles. The minimum absolute atomic E-state index is 0.181. The van der Waals surface area contributed by atoms with Crippen molar-refractivity contribution in [2.75, 3.05) is 0 Å². The van der Waals surface area contributed by atoms with E-state index in [4.69, 9.17) is 5.73 Å². The van der Waals surface area contributed by atoms with Crippen molar-refractivity contribution in [3.05, 3.63) is 12.2 Å². The Morgan fingerprint density at radius 3 is 1.52 bits per heavy atom. The molecule has 0 unspecified atom stereocenters. The fraction of sp³-hybridized carbons (Fsp3) is 0.667. The van der Waals surface area contributed by atoms with Crippen molar-refractivity contribution in [2.45, 2.75) is 38.0 Å². The van der Waals surface area contributed by atoms with E-state index in [0.29, 0.717) is 0 Å². The fourth-order valence-corrected chi connectivity index (χ4v) is 0.713. The van der Waals surface area contributed by atoms with Gasteiger partial charge in [-0.25, -0.2) is 4.72 Å². The molecule has 0 aliphatic carbocycles. The molecule has 0 aliphatic rings. The third-order valence-electron chi connectivity index (χ3n) is 1.89. The molecule has 126 valence electrons. The van der Waals surface area contributed by atoms with Crippen LogP contribution in [-0.2, 0) is 14.8 Å². The Morgan fingerprint density at radius 2 is 1.38 bits per heavy atom. The quantitative estimate of drug-likeness (QED) is 0.591. The van der Waals surface area contributed by atoms with E-state index in [1.165, 1.54) is 0 Å². The summed E-state index contributed by atoms with van der Waals surface area (Å²) in [5.41, 5.74) is 0.441. The largest absolute Gasteiger partial charge is 0.516 e. The summed E-state index contributed by atoms with van der Waals surface area (Å²) < 4.78 is 87.9. The van der Waals surface area contributed by atoms with Gasteiger partial charge in [0.2, 0.25) is 0 Å². The molecule has 0 aromatic rings. The monoisotopic (exact) mass is 344 g/mol. The summed E-state index contributed by atoms with van der Waals surface area (Å²) in [6.07, 6.45) is -5.70. The Bertz CT molecular complexity index is 487. The highest BCUT2D eigenvalue weighted by Crippen LogP contribution is 2.23. The number of nitrogens with two attached hydrogens (primary N) is 1. The highest BCUT2D eigenvalue weighted by molar-refractivity contribution is 7.90. The highest BCUT2D eigenvalue weighted by atomic mass is 32.2. The summed E-state index contributed by atoms with van der Waals surface area (Å²) in [6, 6.07) is 0. The minimum atomic E-state index is -6.30. The van der Waals surface area contributed by atoms with Crippen LogP contribution in [0.2, 0.25) is 0 Å². The molecule has 0 heterocycles. The van der Waals surface area contributed by atoms with Crippen molar-refractivity contribution in [3.8, 4) is 0 Å². The number of carbonyl (C=O) groups is 1. The summed E-state index contributed by atoms with van der Waals surface area (Å²) in [7, 11) is -6.30. The van der Waals surface area contributed by atoms with E-state index in [-0.39, 0.29) is 10.3 Å². The molecule has 0 aromatic heterocycles. The van der Waals surface area contributed by atoms with E-state index in [9.17, 15) is 39.6 Å². The van der Waals surface area contributed by atoms with E-state index in [1.54, 1.807) is 0 Å². The lowest BCUT2D eigenvalue weighted by atomic mass is 9.99. The summed E-state index contributed by atoms with van der Waals surface area (Å²) >= 11 is 0. The first-order valence-electron chi connectivity index (χ1n) is 4.97.